The number of hydrogen-bond acceptors (Lipinski definition) is 3. The molecule has 0 radical (unpaired) electrons. The average molecular weight is 329 g/mol. The van der Waals surface area contributed by atoms with E-state index in [4.69, 9.17) is 0 Å². The van der Waals surface area contributed by atoms with Gasteiger partial charge >= 0.3 is 6.03 Å². The van der Waals surface area contributed by atoms with Gasteiger partial charge in [-0.05, 0) is 32.4 Å². The SMILES string of the molecule is Cc1nccn1CCCNC(=O)N[C@@H](C)C(=O)Nc1ccccc1. The Morgan fingerprint density at radius 2 is 2.00 bits per heavy atom. The average Bonchev–Trinajstić information content (AvgIpc) is 2.97. The molecule has 1 heterocycles. The molecule has 0 spiro atoms. The van der Waals surface area contributed by atoms with Crippen molar-refractivity contribution in [3.63, 3.8) is 0 Å². The van der Waals surface area contributed by atoms with Crippen molar-refractivity contribution in [2.75, 3.05) is 11.9 Å². The van der Waals surface area contributed by atoms with Crippen LogP contribution in [0.5, 0.6) is 0 Å². The summed E-state index contributed by atoms with van der Waals surface area (Å²) >= 11 is 0. The van der Waals surface area contributed by atoms with Gasteiger partial charge in [0, 0.05) is 31.2 Å². The van der Waals surface area contributed by atoms with Gasteiger partial charge in [-0.15, -0.1) is 0 Å². The van der Waals surface area contributed by atoms with Crippen molar-refractivity contribution in [3.8, 4) is 0 Å². The Balaban J connectivity index is 1.66. The maximum atomic E-state index is 12.0. The fraction of sp³-hybridized carbons (Fsp3) is 0.353. The molecule has 0 saturated carbocycles. The smallest absolute Gasteiger partial charge is 0.315 e. The van der Waals surface area contributed by atoms with Gasteiger partial charge in [0.05, 0.1) is 0 Å². The normalized spacial score (nSPS) is 11.6. The molecule has 1 aromatic carbocycles. The molecule has 128 valence electrons. The lowest BCUT2D eigenvalue weighted by molar-refractivity contribution is -0.117. The van der Waals surface area contributed by atoms with Gasteiger partial charge < -0.3 is 20.5 Å². The Morgan fingerprint density at radius 3 is 2.67 bits per heavy atom. The standard InChI is InChI=1S/C17H23N5O2/c1-13(16(23)21-15-7-4-3-5-8-15)20-17(24)19-9-6-11-22-12-10-18-14(22)2/h3-5,7-8,10,12-13H,6,9,11H2,1-2H3,(H,21,23)(H2,19,20,24)/t13-/m0/s1. The quantitative estimate of drug-likeness (QED) is 0.678. The van der Waals surface area contributed by atoms with E-state index in [0.717, 1.165) is 18.8 Å². The van der Waals surface area contributed by atoms with Crippen LogP contribution in [0.1, 0.15) is 19.2 Å². The number of amides is 3. The highest BCUT2D eigenvalue weighted by Gasteiger charge is 2.15. The zero-order valence-electron chi connectivity index (χ0n) is 14.0. The molecule has 0 saturated heterocycles. The van der Waals surface area contributed by atoms with E-state index in [2.05, 4.69) is 20.9 Å². The second-order valence-corrected chi connectivity index (χ2v) is 5.50. The van der Waals surface area contributed by atoms with E-state index in [1.54, 1.807) is 25.3 Å². The molecular formula is C17H23N5O2. The van der Waals surface area contributed by atoms with Gasteiger partial charge in [-0.2, -0.15) is 0 Å². The van der Waals surface area contributed by atoms with Crippen LogP contribution in [0.4, 0.5) is 10.5 Å². The van der Waals surface area contributed by atoms with Crippen LogP contribution in [0.3, 0.4) is 0 Å². The van der Waals surface area contributed by atoms with Crippen molar-refractivity contribution in [3.05, 3.63) is 48.5 Å². The number of anilines is 1. The minimum atomic E-state index is -0.624. The van der Waals surface area contributed by atoms with Crippen LogP contribution in [0.25, 0.3) is 0 Å². The number of para-hydroxylation sites is 1. The number of aryl methyl sites for hydroxylation is 2. The third-order valence-electron chi connectivity index (χ3n) is 3.57. The fourth-order valence-electron chi connectivity index (χ4n) is 2.18. The van der Waals surface area contributed by atoms with Crippen LogP contribution < -0.4 is 16.0 Å². The molecule has 0 fully saturated rings. The van der Waals surface area contributed by atoms with Crippen molar-refractivity contribution >= 4 is 17.6 Å². The summed E-state index contributed by atoms with van der Waals surface area (Å²) in [5, 5.41) is 8.12. The summed E-state index contributed by atoms with van der Waals surface area (Å²) < 4.78 is 2.02. The summed E-state index contributed by atoms with van der Waals surface area (Å²) in [4.78, 5) is 28.0. The monoisotopic (exact) mass is 329 g/mol. The van der Waals surface area contributed by atoms with Gasteiger partial charge in [-0.3, -0.25) is 4.79 Å². The largest absolute Gasteiger partial charge is 0.338 e. The number of hydrogen-bond donors (Lipinski definition) is 3. The molecule has 0 aliphatic heterocycles. The summed E-state index contributed by atoms with van der Waals surface area (Å²) in [6, 6.07) is 8.15. The highest BCUT2D eigenvalue weighted by atomic mass is 16.2. The predicted molar refractivity (Wildman–Crippen MR) is 92.6 cm³/mol. The number of nitrogens with one attached hydrogen (secondary N) is 3. The Labute approximate surface area is 141 Å². The predicted octanol–water partition coefficient (Wildman–Crippen LogP) is 1.91. The number of benzene rings is 1. The van der Waals surface area contributed by atoms with Gasteiger partial charge in [0.25, 0.3) is 0 Å². The zero-order chi connectivity index (χ0) is 17.4. The molecule has 24 heavy (non-hydrogen) atoms. The fourth-order valence-corrected chi connectivity index (χ4v) is 2.18. The Morgan fingerprint density at radius 1 is 1.25 bits per heavy atom. The number of rotatable bonds is 7. The Kier molecular flexibility index (Phi) is 6.36. The van der Waals surface area contributed by atoms with Crippen molar-refractivity contribution in [1.29, 1.82) is 0 Å². The molecule has 2 rings (SSSR count). The minimum Gasteiger partial charge on any atom is -0.338 e. The summed E-state index contributed by atoms with van der Waals surface area (Å²) in [6.45, 7) is 4.90. The second kappa shape index (κ2) is 8.71. The lowest BCUT2D eigenvalue weighted by atomic mass is 10.2. The van der Waals surface area contributed by atoms with Gasteiger partial charge in [0.1, 0.15) is 11.9 Å². The third kappa shape index (κ3) is 5.42. The molecule has 3 amide bonds. The van der Waals surface area contributed by atoms with E-state index >= 15 is 0 Å². The lowest BCUT2D eigenvalue weighted by Crippen LogP contribution is -2.46. The first-order valence-electron chi connectivity index (χ1n) is 7.94. The van der Waals surface area contributed by atoms with Crippen molar-refractivity contribution in [2.24, 2.45) is 0 Å². The molecule has 3 N–H and O–H groups in total. The van der Waals surface area contributed by atoms with Crippen molar-refractivity contribution < 1.29 is 9.59 Å². The van der Waals surface area contributed by atoms with Crippen molar-refractivity contribution in [1.82, 2.24) is 20.2 Å². The number of carbonyl (C=O) groups is 2. The number of imidazole rings is 1. The molecular weight excluding hydrogens is 306 g/mol. The number of carbonyl (C=O) groups excluding carboxylic acids is 2. The molecule has 0 aliphatic rings. The van der Waals surface area contributed by atoms with Crippen molar-refractivity contribution in [2.45, 2.75) is 32.9 Å². The Bertz CT molecular complexity index is 669. The second-order valence-electron chi connectivity index (χ2n) is 5.50. The molecule has 0 bridgehead atoms. The molecule has 0 unspecified atom stereocenters. The van der Waals surface area contributed by atoms with E-state index in [-0.39, 0.29) is 11.9 Å². The summed E-state index contributed by atoms with van der Waals surface area (Å²) in [6.07, 6.45) is 4.45. The summed E-state index contributed by atoms with van der Waals surface area (Å²) in [7, 11) is 0. The van der Waals surface area contributed by atoms with Gasteiger partial charge in [0.15, 0.2) is 0 Å². The van der Waals surface area contributed by atoms with Crippen LogP contribution >= 0.6 is 0 Å². The highest BCUT2D eigenvalue weighted by Crippen LogP contribution is 2.05. The Hall–Kier alpha value is -2.83. The third-order valence-corrected chi connectivity index (χ3v) is 3.57. The van der Waals surface area contributed by atoms with Crippen LogP contribution in [-0.2, 0) is 11.3 Å². The zero-order valence-corrected chi connectivity index (χ0v) is 14.0. The summed E-state index contributed by atoms with van der Waals surface area (Å²) in [5.74, 6) is 0.691. The first-order valence-corrected chi connectivity index (χ1v) is 7.94. The van der Waals surface area contributed by atoms with E-state index < -0.39 is 6.04 Å². The van der Waals surface area contributed by atoms with Crippen LogP contribution in [0.15, 0.2) is 42.7 Å². The van der Waals surface area contributed by atoms with Crippen LogP contribution in [-0.4, -0.2) is 34.1 Å². The van der Waals surface area contributed by atoms with E-state index in [1.807, 2.05) is 35.9 Å². The maximum absolute atomic E-state index is 12.0. The molecule has 7 nitrogen and oxygen atoms in total. The molecule has 2 aromatic rings. The van der Waals surface area contributed by atoms with E-state index in [0.29, 0.717) is 12.2 Å². The number of nitrogens with zero attached hydrogens (tertiary/aromatic N) is 2. The van der Waals surface area contributed by atoms with E-state index in [9.17, 15) is 9.59 Å². The van der Waals surface area contributed by atoms with Crippen LogP contribution in [0, 0.1) is 6.92 Å². The maximum Gasteiger partial charge on any atom is 0.315 e. The van der Waals surface area contributed by atoms with Gasteiger partial charge in [-0.1, -0.05) is 18.2 Å². The number of aromatic nitrogens is 2. The lowest BCUT2D eigenvalue weighted by Gasteiger charge is -2.15. The highest BCUT2D eigenvalue weighted by molar-refractivity contribution is 5.96. The first kappa shape index (κ1) is 17.5. The molecule has 1 aromatic heterocycles. The van der Waals surface area contributed by atoms with Gasteiger partial charge in [-0.25, -0.2) is 9.78 Å². The van der Waals surface area contributed by atoms with Gasteiger partial charge in [0.2, 0.25) is 5.91 Å². The molecule has 1 atom stereocenters. The molecule has 7 heteroatoms. The van der Waals surface area contributed by atoms with Crippen LogP contribution in [0.2, 0.25) is 0 Å². The summed E-state index contributed by atoms with van der Waals surface area (Å²) in [5.41, 5.74) is 0.701. The first-order chi connectivity index (χ1) is 11.6. The topological polar surface area (TPSA) is 88.1 Å². The number of urea groups is 1. The van der Waals surface area contributed by atoms with E-state index in [1.165, 1.54) is 0 Å². The minimum absolute atomic E-state index is 0.259. The molecule has 0 aliphatic carbocycles.